The summed E-state index contributed by atoms with van der Waals surface area (Å²) in [7, 11) is 0. The number of carbonyl (C=O) groups excluding carboxylic acids is 1. The topological polar surface area (TPSA) is 88.5 Å². The molecule has 1 amide bonds. The Morgan fingerprint density at radius 3 is 2.17 bits per heavy atom. The molecule has 0 saturated heterocycles. The Morgan fingerprint density at radius 2 is 1.49 bits per heavy atom. The highest BCUT2D eigenvalue weighted by Gasteiger charge is 2.18. The lowest BCUT2D eigenvalue weighted by Crippen LogP contribution is -2.16. The van der Waals surface area contributed by atoms with Crippen LogP contribution >= 0.6 is 0 Å². The number of benzene rings is 3. The fraction of sp³-hybridized carbons (Fsp3) is 0.138. The Hall–Kier alpha value is -4.45. The summed E-state index contributed by atoms with van der Waals surface area (Å²) in [4.78, 5) is 29.2. The highest BCUT2D eigenvalue weighted by atomic mass is 16.5. The third-order valence-corrected chi connectivity index (χ3v) is 5.60. The van der Waals surface area contributed by atoms with E-state index in [2.05, 4.69) is 17.2 Å². The third-order valence-electron chi connectivity index (χ3n) is 5.60. The van der Waals surface area contributed by atoms with Crippen molar-refractivity contribution in [2.24, 2.45) is 0 Å². The van der Waals surface area contributed by atoms with Crippen LogP contribution in [0.4, 0.5) is 5.69 Å². The monoisotopic (exact) mass is 466 g/mol. The summed E-state index contributed by atoms with van der Waals surface area (Å²) in [5.74, 6) is -1.11. The predicted octanol–water partition coefficient (Wildman–Crippen LogP) is 6.55. The smallest absolute Gasteiger partial charge is 0.337 e. The molecule has 4 rings (SSSR count). The standard InChI is InChI=1S/C29H26N2O4/c1-2-3-17-35-27-19-23(21-13-15-30-16-14-21)10-12-25(27)28(32)31-26-18-22(9-11-24(26)29(33)34)20-7-5-4-6-8-20/h4-16,18-19H,2-3,17H2,1H3,(H,31,32)(H,33,34). The number of nitrogens with one attached hydrogen (secondary N) is 1. The second-order valence-electron chi connectivity index (χ2n) is 8.03. The number of ether oxygens (including phenoxy) is 1. The number of pyridine rings is 1. The first-order valence-corrected chi connectivity index (χ1v) is 11.5. The van der Waals surface area contributed by atoms with Gasteiger partial charge in [0.05, 0.1) is 23.4 Å². The van der Waals surface area contributed by atoms with E-state index in [9.17, 15) is 14.7 Å². The van der Waals surface area contributed by atoms with Crippen LogP contribution in [0.1, 0.15) is 40.5 Å². The molecule has 4 aromatic rings. The summed E-state index contributed by atoms with van der Waals surface area (Å²) in [5.41, 5.74) is 4.15. The van der Waals surface area contributed by atoms with E-state index in [-0.39, 0.29) is 11.3 Å². The van der Waals surface area contributed by atoms with Crippen molar-refractivity contribution in [2.45, 2.75) is 19.8 Å². The molecule has 35 heavy (non-hydrogen) atoms. The molecule has 2 N–H and O–H groups in total. The van der Waals surface area contributed by atoms with Crippen molar-refractivity contribution < 1.29 is 19.4 Å². The molecule has 0 atom stereocenters. The lowest BCUT2D eigenvalue weighted by molar-refractivity contribution is 0.0698. The van der Waals surface area contributed by atoms with Gasteiger partial charge in [-0.25, -0.2) is 4.79 Å². The zero-order chi connectivity index (χ0) is 24.6. The molecule has 6 heteroatoms. The van der Waals surface area contributed by atoms with E-state index >= 15 is 0 Å². The number of amides is 1. The lowest BCUT2D eigenvalue weighted by Gasteiger charge is -2.15. The molecule has 0 saturated carbocycles. The van der Waals surface area contributed by atoms with Crippen LogP contribution in [-0.4, -0.2) is 28.6 Å². The number of aromatic carboxylic acids is 1. The molecule has 0 aliphatic rings. The summed E-state index contributed by atoms with van der Waals surface area (Å²) >= 11 is 0. The summed E-state index contributed by atoms with van der Waals surface area (Å²) in [6.07, 6.45) is 5.23. The first kappa shape index (κ1) is 23.7. The normalized spacial score (nSPS) is 10.5. The first-order valence-electron chi connectivity index (χ1n) is 11.5. The number of carboxylic acid groups (broad SMARTS) is 1. The lowest BCUT2D eigenvalue weighted by atomic mass is 10.0. The molecule has 0 unspecified atom stereocenters. The zero-order valence-corrected chi connectivity index (χ0v) is 19.4. The maximum absolute atomic E-state index is 13.3. The molecule has 6 nitrogen and oxygen atoms in total. The Labute approximate surface area is 204 Å². The van der Waals surface area contributed by atoms with E-state index in [4.69, 9.17) is 4.74 Å². The van der Waals surface area contributed by atoms with Gasteiger partial charge in [-0.2, -0.15) is 0 Å². The number of carboxylic acids is 1. The largest absolute Gasteiger partial charge is 0.493 e. The molecule has 1 aromatic heterocycles. The van der Waals surface area contributed by atoms with Crippen molar-refractivity contribution in [1.82, 2.24) is 4.98 Å². The minimum atomic E-state index is -1.12. The van der Waals surface area contributed by atoms with Gasteiger partial charge in [0.25, 0.3) is 5.91 Å². The van der Waals surface area contributed by atoms with Crippen LogP contribution in [0, 0.1) is 0 Å². The van der Waals surface area contributed by atoms with Crippen molar-refractivity contribution in [3.63, 3.8) is 0 Å². The third kappa shape index (κ3) is 5.73. The van der Waals surface area contributed by atoms with E-state index in [0.29, 0.717) is 17.9 Å². The molecule has 0 radical (unpaired) electrons. The van der Waals surface area contributed by atoms with Crippen molar-refractivity contribution in [3.8, 4) is 28.0 Å². The van der Waals surface area contributed by atoms with Crippen LogP contribution < -0.4 is 10.1 Å². The number of carbonyl (C=O) groups is 2. The second kappa shape index (κ2) is 11.1. The average molecular weight is 467 g/mol. The highest BCUT2D eigenvalue weighted by molar-refractivity contribution is 6.09. The number of anilines is 1. The van der Waals surface area contributed by atoms with Crippen LogP contribution in [0.3, 0.4) is 0 Å². The molecule has 0 bridgehead atoms. The summed E-state index contributed by atoms with van der Waals surface area (Å²) < 4.78 is 5.98. The van der Waals surface area contributed by atoms with Gasteiger partial charge in [0.15, 0.2) is 0 Å². The Morgan fingerprint density at radius 1 is 0.829 bits per heavy atom. The Bertz CT molecular complexity index is 1320. The van der Waals surface area contributed by atoms with Gasteiger partial charge in [0.1, 0.15) is 5.75 Å². The molecule has 3 aromatic carbocycles. The van der Waals surface area contributed by atoms with Gasteiger partial charge in [0, 0.05) is 12.4 Å². The minimum Gasteiger partial charge on any atom is -0.493 e. The van der Waals surface area contributed by atoms with E-state index in [1.54, 1.807) is 30.6 Å². The van der Waals surface area contributed by atoms with Gasteiger partial charge < -0.3 is 15.2 Å². The minimum absolute atomic E-state index is 0.0138. The van der Waals surface area contributed by atoms with Gasteiger partial charge in [-0.1, -0.05) is 55.8 Å². The SMILES string of the molecule is CCCCOc1cc(-c2ccncc2)ccc1C(=O)Nc1cc(-c2ccccc2)ccc1C(=O)O. The summed E-state index contributed by atoms with van der Waals surface area (Å²) in [5, 5.41) is 12.5. The van der Waals surface area contributed by atoms with Crippen molar-refractivity contribution in [2.75, 3.05) is 11.9 Å². The maximum atomic E-state index is 13.3. The van der Waals surface area contributed by atoms with Crippen LogP contribution in [0.15, 0.2) is 91.3 Å². The van der Waals surface area contributed by atoms with E-state index in [0.717, 1.165) is 35.1 Å². The summed E-state index contributed by atoms with van der Waals surface area (Å²) in [6.45, 7) is 2.54. The van der Waals surface area contributed by atoms with Crippen molar-refractivity contribution in [3.05, 3.63) is 102 Å². The van der Waals surface area contributed by atoms with Gasteiger partial charge in [-0.15, -0.1) is 0 Å². The van der Waals surface area contributed by atoms with Crippen LogP contribution in [0.5, 0.6) is 5.75 Å². The highest BCUT2D eigenvalue weighted by Crippen LogP contribution is 2.30. The molecule has 0 aliphatic carbocycles. The molecule has 0 fully saturated rings. The fourth-order valence-electron chi connectivity index (χ4n) is 3.71. The maximum Gasteiger partial charge on any atom is 0.337 e. The molecule has 0 spiro atoms. The van der Waals surface area contributed by atoms with E-state index in [1.807, 2.05) is 54.6 Å². The average Bonchev–Trinajstić information content (AvgIpc) is 2.89. The Kier molecular flexibility index (Phi) is 7.53. The first-order chi connectivity index (χ1) is 17.1. The van der Waals surface area contributed by atoms with Gasteiger partial charge in [0.2, 0.25) is 0 Å². The number of nitrogens with zero attached hydrogens (tertiary/aromatic N) is 1. The molecule has 0 aliphatic heterocycles. The van der Waals surface area contributed by atoms with Crippen molar-refractivity contribution >= 4 is 17.6 Å². The van der Waals surface area contributed by atoms with Gasteiger partial charge in [-0.3, -0.25) is 9.78 Å². The number of aromatic nitrogens is 1. The quantitative estimate of drug-likeness (QED) is 0.273. The molecular formula is C29H26N2O4. The number of hydrogen-bond donors (Lipinski definition) is 2. The molecule has 176 valence electrons. The van der Waals surface area contributed by atoms with Gasteiger partial charge >= 0.3 is 5.97 Å². The molecular weight excluding hydrogens is 440 g/mol. The number of rotatable bonds is 9. The van der Waals surface area contributed by atoms with Crippen molar-refractivity contribution in [1.29, 1.82) is 0 Å². The van der Waals surface area contributed by atoms with Crippen LogP contribution in [0.2, 0.25) is 0 Å². The van der Waals surface area contributed by atoms with E-state index < -0.39 is 11.9 Å². The summed E-state index contributed by atoms with van der Waals surface area (Å²) in [6, 6.07) is 23.7. The van der Waals surface area contributed by atoms with Crippen LogP contribution in [-0.2, 0) is 0 Å². The second-order valence-corrected chi connectivity index (χ2v) is 8.03. The zero-order valence-electron chi connectivity index (χ0n) is 19.4. The van der Waals surface area contributed by atoms with E-state index in [1.165, 1.54) is 6.07 Å². The van der Waals surface area contributed by atoms with Gasteiger partial charge in [-0.05, 0) is 65.1 Å². The number of unbranched alkanes of at least 4 members (excludes halogenated alkanes) is 1. The molecule has 1 heterocycles. The van der Waals surface area contributed by atoms with Crippen LogP contribution in [0.25, 0.3) is 22.3 Å². The predicted molar refractivity (Wildman–Crippen MR) is 137 cm³/mol. The number of hydrogen-bond acceptors (Lipinski definition) is 4. The Balaban J connectivity index is 1.68. The fourth-order valence-corrected chi connectivity index (χ4v) is 3.71.